The molecule has 0 bridgehead atoms. The molecule has 0 aliphatic heterocycles. The summed E-state index contributed by atoms with van der Waals surface area (Å²) in [5.74, 6) is -0.154. The van der Waals surface area contributed by atoms with E-state index in [0.717, 1.165) is 25.9 Å². The van der Waals surface area contributed by atoms with E-state index < -0.39 is 0 Å². The predicted molar refractivity (Wildman–Crippen MR) is 74.3 cm³/mol. The molecule has 0 saturated heterocycles. The maximum atomic E-state index is 13.8. The van der Waals surface area contributed by atoms with Crippen molar-refractivity contribution in [2.24, 2.45) is 5.73 Å². The van der Waals surface area contributed by atoms with Gasteiger partial charge in [-0.2, -0.15) is 0 Å². The standard InChI is InChI=1S/C15H23FN2/c1-2-18(14-9-5-4-8-13(14)16)12-15(17)10-6-3-7-11-15/h4-5,8-9H,2-3,6-7,10-12,17H2,1H3. The van der Waals surface area contributed by atoms with Gasteiger partial charge in [0.1, 0.15) is 5.82 Å². The summed E-state index contributed by atoms with van der Waals surface area (Å²) in [5, 5.41) is 0. The molecule has 0 aromatic heterocycles. The Morgan fingerprint density at radius 2 is 1.89 bits per heavy atom. The highest BCUT2D eigenvalue weighted by atomic mass is 19.1. The Bertz CT molecular complexity index is 386. The maximum Gasteiger partial charge on any atom is 0.146 e. The van der Waals surface area contributed by atoms with E-state index in [0.29, 0.717) is 5.69 Å². The second kappa shape index (κ2) is 5.70. The molecule has 2 nitrogen and oxygen atoms in total. The minimum absolute atomic E-state index is 0.142. The van der Waals surface area contributed by atoms with Crippen molar-refractivity contribution in [1.82, 2.24) is 0 Å². The van der Waals surface area contributed by atoms with Crippen LogP contribution in [0.3, 0.4) is 0 Å². The Balaban J connectivity index is 2.12. The van der Waals surface area contributed by atoms with Gasteiger partial charge in [-0.05, 0) is 31.9 Å². The SMILES string of the molecule is CCN(CC1(N)CCCCC1)c1ccccc1F. The lowest BCUT2D eigenvalue weighted by Gasteiger charge is -2.38. The minimum atomic E-state index is -0.154. The van der Waals surface area contributed by atoms with Crippen molar-refractivity contribution in [2.45, 2.75) is 44.6 Å². The molecule has 0 radical (unpaired) electrons. The lowest BCUT2D eigenvalue weighted by Crippen LogP contribution is -2.51. The average Bonchev–Trinajstić information content (AvgIpc) is 2.38. The van der Waals surface area contributed by atoms with Crippen LogP contribution in [0.5, 0.6) is 0 Å². The molecule has 18 heavy (non-hydrogen) atoms. The van der Waals surface area contributed by atoms with Crippen molar-refractivity contribution in [3.05, 3.63) is 30.1 Å². The smallest absolute Gasteiger partial charge is 0.146 e. The maximum absolute atomic E-state index is 13.8. The van der Waals surface area contributed by atoms with Crippen LogP contribution in [0.4, 0.5) is 10.1 Å². The topological polar surface area (TPSA) is 29.3 Å². The molecule has 100 valence electrons. The molecule has 0 amide bonds. The van der Waals surface area contributed by atoms with Crippen LogP contribution in [-0.2, 0) is 0 Å². The quantitative estimate of drug-likeness (QED) is 0.888. The van der Waals surface area contributed by atoms with Crippen LogP contribution in [0, 0.1) is 5.82 Å². The van der Waals surface area contributed by atoms with Crippen molar-refractivity contribution >= 4 is 5.69 Å². The van der Waals surface area contributed by atoms with Gasteiger partial charge in [0.2, 0.25) is 0 Å². The number of anilines is 1. The van der Waals surface area contributed by atoms with Crippen molar-refractivity contribution in [3.63, 3.8) is 0 Å². The number of para-hydroxylation sites is 1. The zero-order valence-corrected chi connectivity index (χ0v) is 11.2. The molecular formula is C15H23FN2. The van der Waals surface area contributed by atoms with Crippen LogP contribution >= 0.6 is 0 Å². The molecule has 0 spiro atoms. The Labute approximate surface area is 109 Å². The number of hydrogen-bond acceptors (Lipinski definition) is 2. The van der Waals surface area contributed by atoms with Crippen LogP contribution < -0.4 is 10.6 Å². The zero-order valence-electron chi connectivity index (χ0n) is 11.2. The van der Waals surface area contributed by atoms with Gasteiger partial charge in [-0.15, -0.1) is 0 Å². The number of nitrogens with two attached hydrogens (primary N) is 1. The summed E-state index contributed by atoms with van der Waals surface area (Å²) in [6.45, 7) is 3.60. The van der Waals surface area contributed by atoms with Gasteiger partial charge in [-0.1, -0.05) is 31.4 Å². The van der Waals surface area contributed by atoms with Gasteiger partial charge in [0.05, 0.1) is 5.69 Å². The second-order valence-corrected chi connectivity index (χ2v) is 5.39. The van der Waals surface area contributed by atoms with Gasteiger partial charge in [0, 0.05) is 18.6 Å². The van der Waals surface area contributed by atoms with Crippen LogP contribution in [0.1, 0.15) is 39.0 Å². The van der Waals surface area contributed by atoms with E-state index in [1.807, 2.05) is 12.1 Å². The fourth-order valence-corrected chi connectivity index (χ4v) is 2.87. The van der Waals surface area contributed by atoms with E-state index in [4.69, 9.17) is 5.73 Å². The third-order valence-electron chi connectivity index (χ3n) is 3.93. The third kappa shape index (κ3) is 3.02. The summed E-state index contributed by atoms with van der Waals surface area (Å²) in [6.07, 6.45) is 5.79. The van der Waals surface area contributed by atoms with E-state index in [9.17, 15) is 4.39 Å². The predicted octanol–water partition coefficient (Wildman–Crippen LogP) is 3.31. The molecule has 1 aliphatic rings. The first-order valence-electron chi connectivity index (χ1n) is 6.93. The van der Waals surface area contributed by atoms with E-state index in [1.165, 1.54) is 25.3 Å². The average molecular weight is 250 g/mol. The monoisotopic (exact) mass is 250 g/mol. The number of benzene rings is 1. The first kappa shape index (κ1) is 13.3. The zero-order chi connectivity index (χ0) is 13.0. The molecule has 2 N–H and O–H groups in total. The molecule has 1 aliphatic carbocycles. The van der Waals surface area contributed by atoms with Crippen LogP contribution in [-0.4, -0.2) is 18.6 Å². The van der Waals surface area contributed by atoms with Crippen molar-refractivity contribution in [2.75, 3.05) is 18.0 Å². The molecule has 2 rings (SSSR count). The first-order chi connectivity index (χ1) is 8.64. The molecule has 0 atom stereocenters. The molecule has 1 aromatic carbocycles. The third-order valence-corrected chi connectivity index (χ3v) is 3.93. The summed E-state index contributed by atoms with van der Waals surface area (Å²) < 4.78 is 13.8. The molecule has 0 heterocycles. The van der Waals surface area contributed by atoms with Gasteiger partial charge in [0.15, 0.2) is 0 Å². The fourth-order valence-electron chi connectivity index (χ4n) is 2.87. The number of hydrogen-bond donors (Lipinski definition) is 1. The molecule has 1 saturated carbocycles. The van der Waals surface area contributed by atoms with Gasteiger partial charge in [-0.3, -0.25) is 0 Å². The summed E-state index contributed by atoms with van der Waals surface area (Å²) in [5.41, 5.74) is 6.99. The Hall–Kier alpha value is -1.09. The first-order valence-corrected chi connectivity index (χ1v) is 6.93. The van der Waals surface area contributed by atoms with E-state index in [2.05, 4.69) is 11.8 Å². The van der Waals surface area contributed by atoms with Gasteiger partial charge >= 0.3 is 0 Å². The molecule has 1 fully saturated rings. The van der Waals surface area contributed by atoms with Crippen LogP contribution in [0.25, 0.3) is 0 Å². The number of likely N-dealkylation sites (N-methyl/N-ethyl adjacent to an activating group) is 1. The van der Waals surface area contributed by atoms with E-state index in [1.54, 1.807) is 6.07 Å². The van der Waals surface area contributed by atoms with E-state index >= 15 is 0 Å². The Kier molecular flexibility index (Phi) is 4.23. The number of nitrogens with zero attached hydrogens (tertiary/aromatic N) is 1. The van der Waals surface area contributed by atoms with E-state index in [-0.39, 0.29) is 11.4 Å². The van der Waals surface area contributed by atoms with Crippen molar-refractivity contribution in [3.8, 4) is 0 Å². The van der Waals surface area contributed by atoms with Crippen molar-refractivity contribution < 1.29 is 4.39 Å². The Morgan fingerprint density at radius 1 is 1.22 bits per heavy atom. The second-order valence-electron chi connectivity index (χ2n) is 5.39. The summed E-state index contributed by atoms with van der Waals surface area (Å²) in [6, 6.07) is 6.96. The lowest BCUT2D eigenvalue weighted by molar-refractivity contribution is 0.298. The van der Waals surface area contributed by atoms with Gasteiger partial charge in [-0.25, -0.2) is 4.39 Å². The normalized spacial score (nSPS) is 18.6. The Morgan fingerprint density at radius 3 is 2.50 bits per heavy atom. The summed E-state index contributed by atoms with van der Waals surface area (Å²) in [4.78, 5) is 2.07. The highest BCUT2D eigenvalue weighted by molar-refractivity contribution is 5.48. The molecular weight excluding hydrogens is 227 g/mol. The molecule has 0 unspecified atom stereocenters. The fraction of sp³-hybridized carbons (Fsp3) is 0.600. The van der Waals surface area contributed by atoms with Gasteiger partial charge in [0.25, 0.3) is 0 Å². The van der Waals surface area contributed by atoms with Crippen LogP contribution in [0.2, 0.25) is 0 Å². The highest BCUT2D eigenvalue weighted by Crippen LogP contribution is 2.29. The van der Waals surface area contributed by atoms with Gasteiger partial charge < -0.3 is 10.6 Å². The van der Waals surface area contributed by atoms with Crippen molar-refractivity contribution in [1.29, 1.82) is 0 Å². The summed E-state index contributed by atoms with van der Waals surface area (Å²) in [7, 11) is 0. The highest BCUT2D eigenvalue weighted by Gasteiger charge is 2.29. The number of halogens is 1. The molecule has 1 aromatic rings. The van der Waals surface area contributed by atoms with Crippen LogP contribution in [0.15, 0.2) is 24.3 Å². The largest absolute Gasteiger partial charge is 0.368 e. The molecule has 3 heteroatoms. The minimum Gasteiger partial charge on any atom is -0.368 e. The number of rotatable bonds is 4. The summed E-state index contributed by atoms with van der Waals surface area (Å²) >= 11 is 0. The lowest BCUT2D eigenvalue weighted by atomic mass is 9.82.